The number of aromatic nitrogens is 1. The van der Waals surface area contributed by atoms with E-state index in [4.69, 9.17) is 14.5 Å². The third-order valence-electron chi connectivity index (χ3n) is 5.46. The van der Waals surface area contributed by atoms with Crippen molar-refractivity contribution < 1.29 is 19.1 Å². The van der Waals surface area contributed by atoms with Gasteiger partial charge in [-0.25, -0.2) is 9.78 Å². The summed E-state index contributed by atoms with van der Waals surface area (Å²) in [4.78, 5) is 33.5. The maximum Gasteiger partial charge on any atom is 0.337 e. The molecule has 1 aliphatic rings. The van der Waals surface area contributed by atoms with Crippen LogP contribution in [0.2, 0.25) is 0 Å². The van der Waals surface area contributed by atoms with Gasteiger partial charge in [0, 0.05) is 49.2 Å². The highest BCUT2D eigenvalue weighted by Gasteiger charge is 2.23. The van der Waals surface area contributed by atoms with Crippen molar-refractivity contribution in [1.82, 2.24) is 14.8 Å². The molecule has 3 aromatic rings. The Morgan fingerprint density at radius 1 is 1.00 bits per heavy atom. The van der Waals surface area contributed by atoms with E-state index in [1.165, 1.54) is 7.11 Å². The number of carbonyl (C=O) groups excluding carboxylic acids is 2. The zero-order chi connectivity index (χ0) is 22.5. The Hall–Kier alpha value is -3.23. The van der Waals surface area contributed by atoms with Crippen molar-refractivity contribution in [2.24, 2.45) is 0 Å². The van der Waals surface area contributed by atoms with E-state index in [1.54, 1.807) is 42.7 Å². The molecule has 32 heavy (non-hydrogen) atoms. The van der Waals surface area contributed by atoms with Crippen LogP contribution >= 0.6 is 11.3 Å². The molecule has 1 fully saturated rings. The van der Waals surface area contributed by atoms with Gasteiger partial charge >= 0.3 is 5.97 Å². The number of rotatable bonds is 6. The maximum atomic E-state index is 12.9. The predicted molar refractivity (Wildman–Crippen MR) is 123 cm³/mol. The Morgan fingerprint density at radius 3 is 2.41 bits per heavy atom. The first-order valence-corrected chi connectivity index (χ1v) is 11.2. The number of thiazole rings is 1. The zero-order valence-electron chi connectivity index (χ0n) is 18.1. The van der Waals surface area contributed by atoms with Crippen LogP contribution in [0.4, 0.5) is 0 Å². The Balaban J connectivity index is 1.33. The highest BCUT2D eigenvalue weighted by molar-refractivity contribution is 7.13. The standard InChI is InChI=1S/C24H25N3O4S/c1-30-21-8-6-17(7-9-21)22-25-20(16-32-22)15-26-10-12-27(13-11-26)23(28)18-4-3-5-19(14-18)24(29)31-2/h3-9,14,16H,10-13,15H2,1-2H3. The monoisotopic (exact) mass is 451 g/mol. The minimum Gasteiger partial charge on any atom is -0.497 e. The van der Waals surface area contributed by atoms with E-state index in [1.807, 2.05) is 29.2 Å². The van der Waals surface area contributed by atoms with E-state index < -0.39 is 5.97 Å². The van der Waals surface area contributed by atoms with Crippen LogP contribution in [0.1, 0.15) is 26.4 Å². The van der Waals surface area contributed by atoms with Gasteiger partial charge in [0.15, 0.2) is 0 Å². The van der Waals surface area contributed by atoms with Gasteiger partial charge < -0.3 is 14.4 Å². The summed E-state index contributed by atoms with van der Waals surface area (Å²) in [6, 6.07) is 14.6. The number of benzene rings is 2. The van der Waals surface area contributed by atoms with Gasteiger partial charge in [0.1, 0.15) is 10.8 Å². The van der Waals surface area contributed by atoms with Gasteiger partial charge in [-0.15, -0.1) is 11.3 Å². The van der Waals surface area contributed by atoms with E-state index in [2.05, 4.69) is 10.3 Å². The molecule has 1 aromatic heterocycles. The summed E-state index contributed by atoms with van der Waals surface area (Å²) >= 11 is 1.63. The average molecular weight is 452 g/mol. The lowest BCUT2D eigenvalue weighted by Gasteiger charge is -2.34. The largest absolute Gasteiger partial charge is 0.497 e. The lowest BCUT2D eigenvalue weighted by molar-refractivity contribution is 0.0600. The second-order valence-electron chi connectivity index (χ2n) is 7.51. The van der Waals surface area contributed by atoms with Gasteiger partial charge in [-0.05, 0) is 42.5 Å². The summed E-state index contributed by atoms with van der Waals surface area (Å²) in [5, 5.41) is 3.08. The molecule has 1 amide bonds. The lowest BCUT2D eigenvalue weighted by Crippen LogP contribution is -2.48. The lowest BCUT2D eigenvalue weighted by atomic mass is 10.1. The second-order valence-corrected chi connectivity index (χ2v) is 8.37. The number of ether oxygens (including phenoxy) is 2. The Kier molecular flexibility index (Phi) is 6.82. The molecule has 166 valence electrons. The molecule has 1 aliphatic heterocycles. The molecule has 1 saturated heterocycles. The van der Waals surface area contributed by atoms with E-state index in [0.29, 0.717) is 24.2 Å². The van der Waals surface area contributed by atoms with E-state index >= 15 is 0 Å². The van der Waals surface area contributed by atoms with Gasteiger partial charge in [-0.3, -0.25) is 9.69 Å². The Morgan fingerprint density at radius 2 is 1.72 bits per heavy atom. The van der Waals surface area contributed by atoms with Gasteiger partial charge in [-0.2, -0.15) is 0 Å². The number of esters is 1. The van der Waals surface area contributed by atoms with Crippen LogP contribution in [0, 0.1) is 0 Å². The number of hydrogen-bond donors (Lipinski definition) is 0. The molecule has 0 aliphatic carbocycles. The number of nitrogens with zero attached hydrogens (tertiary/aromatic N) is 3. The molecular weight excluding hydrogens is 426 g/mol. The first-order chi connectivity index (χ1) is 15.6. The van der Waals surface area contributed by atoms with Gasteiger partial charge in [0.2, 0.25) is 0 Å². The topological polar surface area (TPSA) is 72.0 Å². The molecule has 0 radical (unpaired) electrons. The van der Waals surface area contributed by atoms with Crippen LogP contribution in [0.25, 0.3) is 10.6 Å². The normalized spacial score (nSPS) is 14.2. The highest BCUT2D eigenvalue weighted by Crippen LogP contribution is 2.26. The van der Waals surface area contributed by atoms with Crippen molar-refractivity contribution in [3.63, 3.8) is 0 Å². The molecule has 0 bridgehead atoms. The molecule has 0 spiro atoms. The fraction of sp³-hybridized carbons (Fsp3) is 0.292. The molecule has 7 nitrogen and oxygen atoms in total. The van der Waals surface area contributed by atoms with Crippen LogP contribution < -0.4 is 4.74 Å². The van der Waals surface area contributed by atoms with Crippen molar-refractivity contribution in [3.05, 3.63) is 70.7 Å². The van der Waals surface area contributed by atoms with Crippen LogP contribution in [-0.2, 0) is 11.3 Å². The summed E-state index contributed by atoms with van der Waals surface area (Å²) < 4.78 is 9.96. The third kappa shape index (κ3) is 4.98. The van der Waals surface area contributed by atoms with E-state index in [0.717, 1.165) is 41.6 Å². The number of hydrogen-bond acceptors (Lipinski definition) is 7. The molecule has 0 saturated carbocycles. The minimum absolute atomic E-state index is 0.0640. The van der Waals surface area contributed by atoms with Gasteiger partial charge in [-0.1, -0.05) is 6.07 Å². The summed E-state index contributed by atoms with van der Waals surface area (Å²) in [6.07, 6.45) is 0. The third-order valence-corrected chi connectivity index (χ3v) is 6.40. The summed E-state index contributed by atoms with van der Waals surface area (Å²) in [7, 11) is 2.99. The SMILES string of the molecule is COC(=O)c1cccc(C(=O)N2CCN(Cc3csc(-c4ccc(OC)cc4)n3)CC2)c1. The Labute approximate surface area is 191 Å². The first kappa shape index (κ1) is 22.0. The average Bonchev–Trinajstić information content (AvgIpc) is 3.32. The molecule has 2 aromatic carbocycles. The number of carbonyl (C=O) groups is 2. The summed E-state index contributed by atoms with van der Waals surface area (Å²) in [5.74, 6) is 0.322. The fourth-order valence-corrected chi connectivity index (χ4v) is 4.48. The molecule has 0 atom stereocenters. The summed E-state index contributed by atoms with van der Waals surface area (Å²) in [6.45, 7) is 3.58. The molecule has 0 N–H and O–H groups in total. The van der Waals surface area contributed by atoms with Gasteiger partial charge in [0.05, 0.1) is 25.5 Å². The van der Waals surface area contributed by atoms with Crippen molar-refractivity contribution in [3.8, 4) is 16.3 Å². The fourth-order valence-electron chi connectivity index (χ4n) is 3.66. The number of amides is 1. The van der Waals surface area contributed by atoms with Crippen molar-refractivity contribution in [2.45, 2.75) is 6.54 Å². The Bertz CT molecular complexity index is 1090. The smallest absolute Gasteiger partial charge is 0.337 e. The number of methoxy groups -OCH3 is 2. The zero-order valence-corrected chi connectivity index (χ0v) is 18.9. The van der Waals surface area contributed by atoms with Gasteiger partial charge in [0.25, 0.3) is 5.91 Å². The van der Waals surface area contributed by atoms with Crippen LogP contribution in [0.5, 0.6) is 5.75 Å². The second kappa shape index (κ2) is 9.93. The predicted octanol–water partition coefficient (Wildman–Crippen LogP) is 3.56. The van der Waals surface area contributed by atoms with Crippen molar-refractivity contribution in [1.29, 1.82) is 0 Å². The summed E-state index contributed by atoms with van der Waals surface area (Å²) in [5.41, 5.74) is 3.00. The van der Waals surface area contributed by atoms with Crippen molar-refractivity contribution >= 4 is 23.2 Å². The molecule has 2 heterocycles. The van der Waals surface area contributed by atoms with E-state index in [-0.39, 0.29) is 5.91 Å². The molecule has 0 unspecified atom stereocenters. The van der Waals surface area contributed by atoms with Crippen molar-refractivity contribution in [2.75, 3.05) is 40.4 Å². The highest BCUT2D eigenvalue weighted by atomic mass is 32.1. The van der Waals surface area contributed by atoms with Crippen LogP contribution in [-0.4, -0.2) is 67.1 Å². The molecule has 8 heteroatoms. The van der Waals surface area contributed by atoms with Crippen LogP contribution in [0.15, 0.2) is 53.9 Å². The van der Waals surface area contributed by atoms with Crippen LogP contribution in [0.3, 0.4) is 0 Å². The molecular formula is C24H25N3O4S. The quantitative estimate of drug-likeness (QED) is 0.534. The maximum absolute atomic E-state index is 12.9. The van der Waals surface area contributed by atoms with E-state index in [9.17, 15) is 9.59 Å². The first-order valence-electron chi connectivity index (χ1n) is 10.4. The number of piperazine rings is 1. The molecule has 4 rings (SSSR count). The minimum atomic E-state index is -0.443.